The summed E-state index contributed by atoms with van der Waals surface area (Å²) in [6, 6.07) is 12.7. The van der Waals surface area contributed by atoms with Gasteiger partial charge < -0.3 is 16.0 Å². The molecule has 0 spiro atoms. The molecule has 0 fully saturated rings. The molecule has 138 valence electrons. The summed E-state index contributed by atoms with van der Waals surface area (Å²) in [5.41, 5.74) is 2.44. The molecule has 0 aliphatic carbocycles. The first kappa shape index (κ1) is 20.2. The lowest BCUT2D eigenvalue weighted by atomic mass is 10.1. The molecule has 7 heteroatoms. The van der Waals surface area contributed by atoms with Gasteiger partial charge in [-0.05, 0) is 49.2 Å². The number of rotatable bonds is 7. The monoisotopic (exact) mass is 393 g/mol. The summed E-state index contributed by atoms with van der Waals surface area (Å²) in [6.45, 7) is 3.76. The van der Waals surface area contributed by atoms with E-state index in [9.17, 15) is 9.59 Å². The molecular formula is C19H21Cl2N3O2. The highest BCUT2D eigenvalue weighted by Crippen LogP contribution is 2.22. The van der Waals surface area contributed by atoms with Crippen LogP contribution in [0.3, 0.4) is 0 Å². The molecule has 5 nitrogen and oxygen atoms in total. The number of nitrogens with one attached hydrogen (secondary N) is 3. The van der Waals surface area contributed by atoms with E-state index >= 15 is 0 Å². The SMILES string of the molecule is Cc1c(Cl)cccc1NC(=O)CNC(=O)CN[C@@H](C)c1ccc(Cl)cc1. The largest absolute Gasteiger partial charge is 0.346 e. The van der Waals surface area contributed by atoms with Gasteiger partial charge in [-0.2, -0.15) is 0 Å². The minimum absolute atomic E-state index is 0.0130. The first-order valence-corrected chi connectivity index (χ1v) is 8.93. The number of halogens is 2. The second kappa shape index (κ2) is 9.57. The Kier molecular flexibility index (Phi) is 7.45. The average Bonchev–Trinajstić information content (AvgIpc) is 2.62. The molecule has 0 saturated heterocycles. The van der Waals surface area contributed by atoms with E-state index in [0.29, 0.717) is 15.7 Å². The molecule has 0 radical (unpaired) electrons. The highest BCUT2D eigenvalue weighted by atomic mass is 35.5. The number of hydrogen-bond acceptors (Lipinski definition) is 3. The average molecular weight is 394 g/mol. The fourth-order valence-electron chi connectivity index (χ4n) is 2.29. The van der Waals surface area contributed by atoms with Crippen LogP contribution in [0.2, 0.25) is 10.0 Å². The van der Waals surface area contributed by atoms with Crippen molar-refractivity contribution >= 4 is 40.7 Å². The first-order chi connectivity index (χ1) is 12.4. The van der Waals surface area contributed by atoms with Crippen molar-refractivity contribution in [2.24, 2.45) is 0 Å². The molecule has 0 heterocycles. The van der Waals surface area contributed by atoms with Crippen molar-refractivity contribution < 1.29 is 9.59 Å². The van der Waals surface area contributed by atoms with Crippen molar-refractivity contribution in [3.63, 3.8) is 0 Å². The predicted molar refractivity (Wildman–Crippen MR) is 106 cm³/mol. The van der Waals surface area contributed by atoms with Crippen LogP contribution in [0, 0.1) is 6.92 Å². The first-order valence-electron chi connectivity index (χ1n) is 8.17. The minimum Gasteiger partial charge on any atom is -0.346 e. The van der Waals surface area contributed by atoms with Gasteiger partial charge in [0.15, 0.2) is 0 Å². The molecule has 0 aliphatic rings. The number of carbonyl (C=O) groups is 2. The molecule has 0 unspecified atom stereocenters. The second-order valence-corrected chi connectivity index (χ2v) is 6.74. The van der Waals surface area contributed by atoms with E-state index in [-0.39, 0.29) is 30.9 Å². The number of hydrogen-bond donors (Lipinski definition) is 3. The molecule has 2 amide bonds. The van der Waals surface area contributed by atoms with Crippen molar-refractivity contribution in [3.05, 3.63) is 63.6 Å². The third kappa shape index (κ3) is 6.02. The van der Waals surface area contributed by atoms with Crippen molar-refractivity contribution in [1.82, 2.24) is 10.6 Å². The summed E-state index contributed by atoms with van der Waals surface area (Å²) in [7, 11) is 0. The number of carbonyl (C=O) groups excluding carboxylic acids is 2. The standard InChI is InChI=1S/C19H21Cl2N3O2/c1-12-16(21)4-3-5-17(12)24-19(26)11-23-18(25)10-22-13(2)14-6-8-15(20)9-7-14/h3-9,13,22H,10-11H2,1-2H3,(H,23,25)(H,24,26)/t13-/m0/s1. The Labute approximate surface area is 163 Å². The molecule has 26 heavy (non-hydrogen) atoms. The van der Waals surface area contributed by atoms with Gasteiger partial charge in [0.2, 0.25) is 11.8 Å². The molecular weight excluding hydrogens is 373 g/mol. The maximum atomic E-state index is 12.0. The molecule has 0 aromatic heterocycles. The van der Waals surface area contributed by atoms with Gasteiger partial charge in [0.25, 0.3) is 0 Å². The minimum atomic E-state index is -0.311. The third-order valence-electron chi connectivity index (χ3n) is 3.93. The summed E-state index contributed by atoms with van der Waals surface area (Å²) in [4.78, 5) is 23.9. The zero-order valence-corrected chi connectivity index (χ0v) is 16.1. The number of anilines is 1. The van der Waals surface area contributed by atoms with Crippen LogP contribution in [0.5, 0.6) is 0 Å². The van der Waals surface area contributed by atoms with Crippen molar-refractivity contribution in [1.29, 1.82) is 0 Å². The highest BCUT2D eigenvalue weighted by Gasteiger charge is 2.10. The topological polar surface area (TPSA) is 70.2 Å². The zero-order chi connectivity index (χ0) is 19.1. The molecule has 3 N–H and O–H groups in total. The Morgan fingerprint density at radius 2 is 1.69 bits per heavy atom. The normalized spacial score (nSPS) is 11.7. The lowest BCUT2D eigenvalue weighted by molar-refractivity contribution is -0.123. The van der Waals surface area contributed by atoms with E-state index in [1.165, 1.54) is 0 Å². The van der Waals surface area contributed by atoms with Crippen LogP contribution in [-0.4, -0.2) is 24.9 Å². The van der Waals surface area contributed by atoms with Crippen LogP contribution in [0.1, 0.15) is 24.1 Å². The maximum Gasteiger partial charge on any atom is 0.243 e. The molecule has 0 saturated carbocycles. The van der Waals surface area contributed by atoms with E-state index in [0.717, 1.165) is 11.1 Å². The van der Waals surface area contributed by atoms with Gasteiger partial charge in [-0.3, -0.25) is 9.59 Å². The van der Waals surface area contributed by atoms with Crippen LogP contribution >= 0.6 is 23.2 Å². The van der Waals surface area contributed by atoms with E-state index in [2.05, 4.69) is 16.0 Å². The van der Waals surface area contributed by atoms with Crippen LogP contribution in [0.4, 0.5) is 5.69 Å². The fourth-order valence-corrected chi connectivity index (χ4v) is 2.59. The van der Waals surface area contributed by atoms with Gasteiger partial charge in [0, 0.05) is 21.8 Å². The van der Waals surface area contributed by atoms with E-state index in [1.807, 2.05) is 26.0 Å². The van der Waals surface area contributed by atoms with Gasteiger partial charge in [-0.1, -0.05) is 41.4 Å². The van der Waals surface area contributed by atoms with E-state index < -0.39 is 0 Å². The van der Waals surface area contributed by atoms with Gasteiger partial charge in [-0.25, -0.2) is 0 Å². The summed E-state index contributed by atoms with van der Waals surface area (Å²) >= 11 is 11.9. The Hall–Kier alpha value is -2.08. The van der Waals surface area contributed by atoms with Gasteiger partial charge in [0.1, 0.15) is 0 Å². The summed E-state index contributed by atoms with van der Waals surface area (Å²) in [6.07, 6.45) is 0. The van der Waals surface area contributed by atoms with Crippen molar-refractivity contribution in [3.8, 4) is 0 Å². The van der Waals surface area contributed by atoms with E-state index in [4.69, 9.17) is 23.2 Å². The zero-order valence-electron chi connectivity index (χ0n) is 14.6. The van der Waals surface area contributed by atoms with Crippen LogP contribution in [0.15, 0.2) is 42.5 Å². The van der Waals surface area contributed by atoms with Crippen LogP contribution < -0.4 is 16.0 Å². The van der Waals surface area contributed by atoms with Crippen molar-refractivity contribution in [2.75, 3.05) is 18.4 Å². The predicted octanol–water partition coefficient (Wildman–Crippen LogP) is 3.71. The smallest absolute Gasteiger partial charge is 0.243 e. The van der Waals surface area contributed by atoms with Crippen LogP contribution in [-0.2, 0) is 9.59 Å². The summed E-state index contributed by atoms with van der Waals surface area (Å²) < 4.78 is 0. The van der Waals surface area contributed by atoms with Gasteiger partial charge in [0.05, 0.1) is 13.1 Å². The van der Waals surface area contributed by atoms with E-state index in [1.54, 1.807) is 30.3 Å². The van der Waals surface area contributed by atoms with Crippen LogP contribution in [0.25, 0.3) is 0 Å². The van der Waals surface area contributed by atoms with Gasteiger partial charge in [-0.15, -0.1) is 0 Å². The second-order valence-electron chi connectivity index (χ2n) is 5.89. The van der Waals surface area contributed by atoms with Crippen molar-refractivity contribution in [2.45, 2.75) is 19.9 Å². The quantitative estimate of drug-likeness (QED) is 0.671. The Bertz CT molecular complexity index is 779. The number of benzene rings is 2. The summed E-state index contributed by atoms with van der Waals surface area (Å²) in [5, 5.41) is 9.66. The molecule has 2 aromatic carbocycles. The molecule has 2 rings (SSSR count). The lowest BCUT2D eigenvalue weighted by Crippen LogP contribution is -2.39. The third-order valence-corrected chi connectivity index (χ3v) is 4.59. The molecule has 0 aliphatic heterocycles. The Morgan fingerprint density at radius 1 is 1.00 bits per heavy atom. The lowest BCUT2D eigenvalue weighted by Gasteiger charge is -2.14. The molecule has 1 atom stereocenters. The number of amides is 2. The molecule has 0 bridgehead atoms. The fraction of sp³-hybridized carbons (Fsp3) is 0.263. The Balaban J connectivity index is 1.75. The molecule has 2 aromatic rings. The maximum absolute atomic E-state index is 12.0. The highest BCUT2D eigenvalue weighted by molar-refractivity contribution is 6.31. The Morgan fingerprint density at radius 3 is 2.38 bits per heavy atom. The summed E-state index contributed by atoms with van der Waals surface area (Å²) in [5.74, 6) is -0.571. The van der Waals surface area contributed by atoms with Gasteiger partial charge >= 0.3 is 0 Å².